The maximum atomic E-state index is 14.8. The Morgan fingerprint density at radius 2 is 1.58 bits per heavy atom. The quantitative estimate of drug-likeness (QED) is 0.291. The fraction of sp³-hybridized carbons (Fsp3) is 0.265. The van der Waals surface area contributed by atoms with Crippen molar-refractivity contribution < 1.29 is 43.7 Å². The first-order chi connectivity index (χ1) is 21.4. The molecule has 3 fully saturated rings. The number of carbonyl (C=O) groups is 5. The molecular formula is C34H27FN2O8. The summed E-state index contributed by atoms with van der Waals surface area (Å²) in [6.45, 7) is 1.68. The first-order valence-electron chi connectivity index (χ1n) is 14.5. The molecule has 0 spiro atoms. The summed E-state index contributed by atoms with van der Waals surface area (Å²) in [6.07, 6.45) is 2.04. The monoisotopic (exact) mass is 610 g/mol. The molecule has 7 rings (SSSR count). The lowest BCUT2D eigenvalue weighted by atomic mass is 9.51. The number of allylic oxidation sites excluding steroid dienone is 2. The van der Waals surface area contributed by atoms with E-state index in [1.807, 2.05) is 6.08 Å². The van der Waals surface area contributed by atoms with E-state index in [1.54, 1.807) is 37.3 Å². The average Bonchev–Trinajstić information content (AvgIpc) is 3.38. The van der Waals surface area contributed by atoms with Crippen LogP contribution in [-0.2, 0) is 19.2 Å². The molecule has 0 bridgehead atoms. The number of aromatic carboxylic acids is 1. The Labute approximate surface area is 256 Å². The maximum Gasteiger partial charge on any atom is 0.339 e. The molecule has 4 aliphatic rings. The smallest absolute Gasteiger partial charge is 0.339 e. The van der Waals surface area contributed by atoms with Gasteiger partial charge in [0, 0.05) is 12.0 Å². The number of carboxylic acid groups (broad SMARTS) is 1. The lowest BCUT2D eigenvalue weighted by Crippen LogP contribution is -2.48. The van der Waals surface area contributed by atoms with Gasteiger partial charge < -0.3 is 15.3 Å². The summed E-state index contributed by atoms with van der Waals surface area (Å²) in [5.41, 5.74) is -0.355. The number of anilines is 2. The molecule has 3 N–H and O–H groups in total. The number of amides is 4. The van der Waals surface area contributed by atoms with Crippen LogP contribution in [0.2, 0.25) is 0 Å². The summed E-state index contributed by atoms with van der Waals surface area (Å²) < 4.78 is 14.8. The molecule has 4 amide bonds. The topological polar surface area (TPSA) is 153 Å². The van der Waals surface area contributed by atoms with Crippen molar-refractivity contribution in [2.24, 2.45) is 29.1 Å². The molecule has 6 atom stereocenters. The van der Waals surface area contributed by atoms with Gasteiger partial charge in [-0.15, -0.1) is 0 Å². The van der Waals surface area contributed by atoms with Crippen LogP contribution in [0, 0.1) is 34.9 Å². The first kappa shape index (κ1) is 28.5. The van der Waals surface area contributed by atoms with Crippen LogP contribution in [0.25, 0.3) is 0 Å². The number of halogens is 1. The fourth-order valence-corrected chi connectivity index (χ4v) is 8.02. The summed E-state index contributed by atoms with van der Waals surface area (Å²) in [7, 11) is 0. The number of hydrogen-bond acceptors (Lipinski definition) is 7. The van der Waals surface area contributed by atoms with E-state index < -0.39 is 81.9 Å². The number of imide groups is 2. The van der Waals surface area contributed by atoms with Crippen LogP contribution in [-0.4, -0.2) is 44.9 Å². The Hall–Kier alpha value is -5.32. The van der Waals surface area contributed by atoms with Gasteiger partial charge in [-0.2, -0.15) is 0 Å². The van der Waals surface area contributed by atoms with Gasteiger partial charge in [0.05, 0.1) is 34.5 Å². The number of benzene rings is 3. The minimum absolute atomic E-state index is 0.0172. The second-order valence-electron chi connectivity index (χ2n) is 12.2. The summed E-state index contributed by atoms with van der Waals surface area (Å²) in [6, 6.07) is 15.8. The van der Waals surface area contributed by atoms with Gasteiger partial charge in [0.2, 0.25) is 23.6 Å². The van der Waals surface area contributed by atoms with Crippen molar-refractivity contribution in [1.29, 1.82) is 0 Å². The van der Waals surface area contributed by atoms with Gasteiger partial charge in [-0.3, -0.25) is 19.2 Å². The predicted octanol–water partition coefficient (Wildman–Crippen LogP) is 4.37. The molecule has 0 aromatic heterocycles. The highest BCUT2D eigenvalue weighted by atomic mass is 19.1. The number of aromatic hydroxyl groups is 2. The zero-order chi connectivity index (χ0) is 31.9. The average molecular weight is 611 g/mol. The van der Waals surface area contributed by atoms with E-state index in [9.17, 15) is 43.7 Å². The third-order valence-electron chi connectivity index (χ3n) is 10.1. The third-order valence-corrected chi connectivity index (χ3v) is 10.1. The van der Waals surface area contributed by atoms with Gasteiger partial charge >= 0.3 is 5.97 Å². The van der Waals surface area contributed by atoms with E-state index in [1.165, 1.54) is 18.2 Å². The van der Waals surface area contributed by atoms with Crippen molar-refractivity contribution in [3.63, 3.8) is 0 Å². The number of phenolic OH excluding ortho intramolecular Hbond substituents is 1. The number of carbonyl (C=O) groups excluding carboxylic acids is 4. The van der Waals surface area contributed by atoms with Crippen LogP contribution in [0.1, 0.15) is 41.6 Å². The van der Waals surface area contributed by atoms with Gasteiger partial charge in [-0.05, 0) is 67.6 Å². The second kappa shape index (κ2) is 9.85. The van der Waals surface area contributed by atoms with Crippen LogP contribution in [0.5, 0.6) is 11.5 Å². The molecule has 3 aromatic rings. The second-order valence-corrected chi connectivity index (χ2v) is 12.2. The largest absolute Gasteiger partial charge is 0.507 e. The summed E-state index contributed by atoms with van der Waals surface area (Å²) in [4.78, 5) is 69.7. The highest BCUT2D eigenvalue weighted by molar-refractivity contribution is 6.25. The van der Waals surface area contributed by atoms with Gasteiger partial charge in [-0.25, -0.2) is 19.0 Å². The van der Waals surface area contributed by atoms with Crippen molar-refractivity contribution in [2.75, 3.05) is 9.80 Å². The third kappa shape index (κ3) is 3.89. The molecular weight excluding hydrogens is 583 g/mol. The van der Waals surface area contributed by atoms with Crippen LogP contribution < -0.4 is 9.80 Å². The number of hydrogen-bond donors (Lipinski definition) is 3. The molecule has 0 unspecified atom stereocenters. The predicted molar refractivity (Wildman–Crippen MR) is 157 cm³/mol. The zero-order valence-corrected chi connectivity index (χ0v) is 23.9. The molecule has 10 nitrogen and oxygen atoms in total. The Bertz CT molecular complexity index is 1870. The molecule has 1 saturated carbocycles. The van der Waals surface area contributed by atoms with Gasteiger partial charge in [0.15, 0.2) is 11.6 Å². The van der Waals surface area contributed by atoms with Crippen LogP contribution >= 0.6 is 0 Å². The van der Waals surface area contributed by atoms with Crippen molar-refractivity contribution in [3.8, 4) is 11.5 Å². The van der Waals surface area contributed by atoms with E-state index >= 15 is 0 Å². The minimum Gasteiger partial charge on any atom is -0.507 e. The van der Waals surface area contributed by atoms with E-state index in [0.717, 1.165) is 28.0 Å². The summed E-state index contributed by atoms with van der Waals surface area (Å²) >= 11 is 0. The van der Waals surface area contributed by atoms with E-state index in [4.69, 9.17) is 0 Å². The molecule has 2 aliphatic heterocycles. The van der Waals surface area contributed by atoms with Crippen molar-refractivity contribution in [1.82, 2.24) is 0 Å². The van der Waals surface area contributed by atoms with Crippen molar-refractivity contribution in [3.05, 3.63) is 95.3 Å². The molecule has 2 heterocycles. The number of nitrogens with zero attached hydrogens (tertiary/aromatic N) is 2. The molecule has 2 saturated heterocycles. The van der Waals surface area contributed by atoms with Gasteiger partial charge in [0.25, 0.3) is 0 Å². The Balaban J connectivity index is 1.35. The van der Waals surface area contributed by atoms with Crippen molar-refractivity contribution >= 4 is 41.0 Å². The fourth-order valence-electron chi connectivity index (χ4n) is 8.02. The lowest BCUT2D eigenvalue weighted by molar-refractivity contribution is -0.131. The molecule has 0 radical (unpaired) electrons. The van der Waals surface area contributed by atoms with Crippen LogP contribution in [0.4, 0.5) is 15.8 Å². The minimum atomic E-state index is -1.37. The first-order valence-corrected chi connectivity index (χ1v) is 14.5. The number of carboxylic acids is 1. The highest BCUT2D eigenvalue weighted by Crippen LogP contribution is 2.63. The standard InChI is InChI=1S/C34H27FN2O8/c1-34-23(30(41)37(33(34)45)17-5-3-2-4-6-17)15-22-19(28(34)16-7-12-25(38)24(35)13-16)10-11-21-27(22)31(42)36(29(21)40)18-8-9-20(32(43)44)26(39)14-18/h2-10,12-14,21-23,27-28,38-39H,11,15H2,1H3,(H,43,44)/t21-,22+,23-,27-,28-,34+/m0/s1. The zero-order valence-electron chi connectivity index (χ0n) is 23.9. The summed E-state index contributed by atoms with van der Waals surface area (Å²) in [5.74, 6) is -9.61. The Morgan fingerprint density at radius 3 is 2.24 bits per heavy atom. The highest BCUT2D eigenvalue weighted by Gasteiger charge is 2.67. The number of phenols is 2. The van der Waals surface area contributed by atoms with Crippen molar-refractivity contribution in [2.45, 2.75) is 25.7 Å². The SMILES string of the molecule is C[C@@]12C(=O)N(c3ccccc3)C(=O)[C@@H]1C[C@@H]1C(=CC[C@@H]3C(=O)N(c4ccc(C(=O)O)c(O)c4)C(=O)[C@@H]31)[C@@H]2c1ccc(O)c(F)c1. The van der Waals surface area contributed by atoms with E-state index in [2.05, 4.69) is 0 Å². The van der Waals surface area contributed by atoms with E-state index in [0.29, 0.717) is 16.8 Å². The Morgan fingerprint density at radius 1 is 0.844 bits per heavy atom. The molecule has 3 aromatic carbocycles. The maximum absolute atomic E-state index is 14.8. The van der Waals surface area contributed by atoms with Crippen LogP contribution in [0.15, 0.2) is 78.4 Å². The molecule has 45 heavy (non-hydrogen) atoms. The number of rotatable bonds is 4. The van der Waals surface area contributed by atoms with E-state index in [-0.39, 0.29) is 24.1 Å². The van der Waals surface area contributed by atoms with Gasteiger partial charge in [-0.1, -0.05) is 35.9 Å². The number of fused-ring (bicyclic) bond motifs is 4. The number of para-hydroxylation sites is 1. The normalized spacial score (nSPS) is 28.9. The molecule has 2 aliphatic carbocycles. The van der Waals surface area contributed by atoms with Crippen LogP contribution in [0.3, 0.4) is 0 Å². The lowest BCUT2D eigenvalue weighted by Gasteiger charge is -2.49. The molecule has 228 valence electrons. The molecule has 11 heteroatoms. The van der Waals surface area contributed by atoms with Gasteiger partial charge in [0.1, 0.15) is 11.3 Å². The Kier molecular flexibility index (Phi) is 6.23. The summed E-state index contributed by atoms with van der Waals surface area (Å²) in [5, 5.41) is 29.5.